The van der Waals surface area contributed by atoms with Gasteiger partial charge in [-0.25, -0.2) is 4.79 Å². The van der Waals surface area contributed by atoms with E-state index in [2.05, 4.69) is 14.0 Å². The first-order valence-corrected chi connectivity index (χ1v) is 5.31. The molecule has 0 fully saturated rings. The van der Waals surface area contributed by atoms with Crippen molar-refractivity contribution in [3.63, 3.8) is 0 Å². The van der Waals surface area contributed by atoms with Crippen LogP contribution in [0.3, 0.4) is 0 Å². The molecule has 13 heavy (non-hydrogen) atoms. The molecule has 3 nitrogen and oxygen atoms in total. The zero-order valence-corrected chi connectivity index (χ0v) is 9.47. The molecule has 1 atom stereocenters. The molecule has 0 aliphatic heterocycles. The lowest BCUT2D eigenvalue weighted by Gasteiger charge is -1.98. The van der Waals surface area contributed by atoms with Gasteiger partial charge in [-0.05, 0) is 12.2 Å². The number of carbonyl (C=O) groups excluding carboxylic acids is 1. The Morgan fingerprint density at radius 2 is 2.31 bits per heavy atom. The normalized spacial score (nSPS) is 9.77. The average molecular weight is 218 g/mol. The summed E-state index contributed by atoms with van der Waals surface area (Å²) >= 11 is 1.40. The van der Waals surface area contributed by atoms with Crippen LogP contribution in [0.4, 0.5) is 0 Å². The van der Waals surface area contributed by atoms with Crippen LogP contribution in [-0.4, -0.2) is 20.2 Å². The van der Waals surface area contributed by atoms with Crippen molar-refractivity contribution in [1.29, 1.82) is 0 Å². The quantitative estimate of drug-likeness (QED) is 0.574. The molecule has 1 aromatic heterocycles. The van der Waals surface area contributed by atoms with Crippen molar-refractivity contribution in [2.45, 2.75) is 6.16 Å². The summed E-state index contributed by atoms with van der Waals surface area (Å²) in [5.41, 5.74) is 0. The Morgan fingerprint density at radius 1 is 1.62 bits per heavy atom. The zero-order valence-electron chi connectivity index (χ0n) is 7.49. The summed E-state index contributed by atoms with van der Waals surface area (Å²) in [6, 6.07) is 1.85. The summed E-state index contributed by atoms with van der Waals surface area (Å²) < 4.78 is 9.67. The van der Waals surface area contributed by atoms with E-state index in [4.69, 9.17) is 4.74 Å². The van der Waals surface area contributed by atoms with Crippen LogP contribution in [0, 0.1) is 0 Å². The molecule has 0 bridgehead atoms. The second-order valence-electron chi connectivity index (χ2n) is 2.31. The molecule has 1 heterocycles. The number of methoxy groups -OCH3 is 2. The van der Waals surface area contributed by atoms with E-state index in [0.29, 0.717) is 10.6 Å². The molecule has 0 amide bonds. The first kappa shape index (κ1) is 10.5. The van der Waals surface area contributed by atoms with Crippen molar-refractivity contribution in [3.8, 4) is 5.75 Å². The number of carbonyl (C=O) groups is 1. The van der Waals surface area contributed by atoms with Gasteiger partial charge in [0.2, 0.25) is 0 Å². The molecule has 0 aliphatic rings. The second-order valence-corrected chi connectivity index (χ2v) is 3.85. The van der Waals surface area contributed by atoms with Crippen LogP contribution in [0.5, 0.6) is 5.75 Å². The molecule has 72 valence electrons. The van der Waals surface area contributed by atoms with Crippen LogP contribution in [0.1, 0.15) is 14.5 Å². The van der Waals surface area contributed by atoms with E-state index in [0.717, 1.165) is 11.0 Å². The molecule has 0 N–H and O–H groups in total. The van der Waals surface area contributed by atoms with Gasteiger partial charge in [-0.1, -0.05) is 0 Å². The van der Waals surface area contributed by atoms with Crippen molar-refractivity contribution >= 4 is 26.5 Å². The average Bonchev–Trinajstić information content (AvgIpc) is 2.59. The third kappa shape index (κ3) is 2.20. The Bertz CT molecular complexity index is 308. The van der Waals surface area contributed by atoms with Gasteiger partial charge in [-0.2, -0.15) is 0 Å². The monoisotopic (exact) mass is 218 g/mol. The van der Waals surface area contributed by atoms with Gasteiger partial charge in [0.05, 0.1) is 14.2 Å². The van der Waals surface area contributed by atoms with Gasteiger partial charge in [-0.15, -0.1) is 20.6 Å². The van der Waals surface area contributed by atoms with Crippen LogP contribution < -0.4 is 4.74 Å². The highest BCUT2D eigenvalue weighted by atomic mass is 32.1. The van der Waals surface area contributed by atoms with Crippen molar-refractivity contribution in [1.82, 2.24) is 0 Å². The molecule has 0 spiro atoms. The molecule has 1 unspecified atom stereocenters. The lowest BCUT2D eigenvalue weighted by atomic mass is 10.4. The molecule has 0 aromatic carbocycles. The summed E-state index contributed by atoms with van der Waals surface area (Å²) in [7, 11) is 5.51. The molecular formula is C8H11O3PS. The predicted molar refractivity (Wildman–Crippen MR) is 55.6 cm³/mol. The number of esters is 1. The summed E-state index contributed by atoms with van der Waals surface area (Å²) in [6.07, 6.45) is 0.817. The third-order valence-electron chi connectivity index (χ3n) is 1.54. The maximum Gasteiger partial charge on any atom is 0.351 e. The lowest BCUT2D eigenvalue weighted by Crippen LogP contribution is -1.99. The summed E-state index contributed by atoms with van der Waals surface area (Å²) in [5.74, 6) is 0.251. The number of thiophene rings is 1. The molecule has 0 aliphatic carbocycles. The lowest BCUT2D eigenvalue weighted by molar-refractivity contribution is 0.0603. The number of hydrogen-bond donors (Lipinski definition) is 0. The minimum absolute atomic E-state index is 0.341. The summed E-state index contributed by atoms with van der Waals surface area (Å²) in [6.45, 7) is 0. The van der Waals surface area contributed by atoms with E-state index in [1.807, 2.05) is 6.07 Å². The van der Waals surface area contributed by atoms with Crippen molar-refractivity contribution in [2.24, 2.45) is 0 Å². The molecule has 1 aromatic rings. The van der Waals surface area contributed by atoms with E-state index < -0.39 is 0 Å². The minimum atomic E-state index is -0.341. The van der Waals surface area contributed by atoms with Crippen LogP contribution in [0.2, 0.25) is 0 Å². The first-order valence-electron chi connectivity index (χ1n) is 3.68. The van der Waals surface area contributed by atoms with E-state index in [1.54, 1.807) is 7.11 Å². The van der Waals surface area contributed by atoms with Gasteiger partial charge in [0.1, 0.15) is 5.75 Å². The molecule has 5 heteroatoms. The van der Waals surface area contributed by atoms with Crippen LogP contribution in [-0.2, 0) is 10.9 Å². The fraction of sp³-hybridized carbons (Fsp3) is 0.375. The van der Waals surface area contributed by atoms with Gasteiger partial charge in [-0.3, -0.25) is 0 Å². The highest BCUT2D eigenvalue weighted by Crippen LogP contribution is 2.30. The Labute approximate surface area is 83.3 Å². The third-order valence-corrected chi connectivity index (χ3v) is 3.40. The predicted octanol–water partition coefficient (Wildman–Crippen LogP) is 1.92. The topological polar surface area (TPSA) is 35.5 Å². The fourth-order valence-corrected chi connectivity index (χ4v) is 2.20. The van der Waals surface area contributed by atoms with Crippen LogP contribution in [0.15, 0.2) is 6.07 Å². The Morgan fingerprint density at radius 3 is 2.77 bits per heavy atom. The van der Waals surface area contributed by atoms with E-state index in [1.165, 1.54) is 18.4 Å². The van der Waals surface area contributed by atoms with Gasteiger partial charge in [0.25, 0.3) is 0 Å². The van der Waals surface area contributed by atoms with E-state index >= 15 is 0 Å². The Kier molecular flexibility index (Phi) is 3.70. The van der Waals surface area contributed by atoms with Gasteiger partial charge < -0.3 is 9.47 Å². The Balaban J connectivity index is 3.03. The van der Waals surface area contributed by atoms with Gasteiger partial charge in [0.15, 0.2) is 4.88 Å². The highest BCUT2D eigenvalue weighted by Gasteiger charge is 2.16. The van der Waals surface area contributed by atoms with Crippen molar-refractivity contribution in [2.75, 3.05) is 14.2 Å². The maximum atomic E-state index is 11.2. The fourth-order valence-electron chi connectivity index (χ4n) is 0.910. The van der Waals surface area contributed by atoms with Crippen LogP contribution in [0.25, 0.3) is 0 Å². The minimum Gasteiger partial charge on any atom is -0.495 e. The highest BCUT2D eigenvalue weighted by molar-refractivity contribution is 7.19. The molecule has 0 saturated heterocycles. The second kappa shape index (κ2) is 4.58. The number of rotatable bonds is 3. The summed E-state index contributed by atoms with van der Waals surface area (Å²) in [4.78, 5) is 12.8. The van der Waals surface area contributed by atoms with Crippen LogP contribution >= 0.6 is 20.6 Å². The van der Waals surface area contributed by atoms with Crippen molar-refractivity contribution in [3.05, 3.63) is 15.8 Å². The largest absolute Gasteiger partial charge is 0.495 e. The first-order chi connectivity index (χ1) is 6.22. The SMILES string of the molecule is COC(=O)c1sc(CP)cc1OC. The molecule has 0 saturated carbocycles. The Hall–Kier alpha value is -0.600. The van der Waals surface area contributed by atoms with Crippen molar-refractivity contribution < 1.29 is 14.3 Å². The molecule has 1 rings (SSSR count). The maximum absolute atomic E-state index is 11.2. The standard InChI is InChI=1S/C8H11O3PS/c1-10-6-3-5(4-12)13-7(6)8(9)11-2/h3H,4,12H2,1-2H3. The summed E-state index contributed by atoms with van der Waals surface area (Å²) in [5, 5.41) is 0. The van der Waals surface area contributed by atoms with Gasteiger partial charge in [0, 0.05) is 4.88 Å². The van der Waals surface area contributed by atoms with Gasteiger partial charge >= 0.3 is 5.97 Å². The van der Waals surface area contributed by atoms with E-state index in [-0.39, 0.29) is 5.97 Å². The number of ether oxygens (including phenoxy) is 2. The molecule has 0 radical (unpaired) electrons. The molecular weight excluding hydrogens is 207 g/mol. The van der Waals surface area contributed by atoms with E-state index in [9.17, 15) is 4.79 Å². The number of hydrogen-bond acceptors (Lipinski definition) is 4. The smallest absolute Gasteiger partial charge is 0.351 e. The zero-order chi connectivity index (χ0) is 9.84.